The van der Waals surface area contributed by atoms with Gasteiger partial charge in [0, 0.05) is 37.3 Å². The second kappa shape index (κ2) is 15.5. The smallest absolute Gasteiger partial charge is 0.247 e. The lowest BCUT2D eigenvalue weighted by atomic mass is 9.77. The maximum atomic E-state index is 13.7. The van der Waals surface area contributed by atoms with Crippen LogP contribution in [-0.4, -0.2) is 77.6 Å². The summed E-state index contributed by atoms with van der Waals surface area (Å²) >= 11 is 0. The Balaban J connectivity index is 1.48. The van der Waals surface area contributed by atoms with Crippen LogP contribution in [0.2, 0.25) is 0 Å². The van der Waals surface area contributed by atoms with E-state index in [4.69, 9.17) is 9.47 Å². The van der Waals surface area contributed by atoms with Gasteiger partial charge >= 0.3 is 0 Å². The lowest BCUT2D eigenvalue weighted by Crippen LogP contribution is -2.57. The number of nitrogens with one attached hydrogen (secondary N) is 1. The second-order valence-corrected chi connectivity index (χ2v) is 11.4. The molecular weight excluding hydrogens is 508 g/mol. The van der Waals surface area contributed by atoms with Crippen LogP contribution in [0, 0.1) is 0 Å². The van der Waals surface area contributed by atoms with Crippen molar-refractivity contribution in [3.63, 3.8) is 0 Å². The van der Waals surface area contributed by atoms with Crippen LogP contribution in [0.4, 0.5) is 0 Å². The molecule has 1 aromatic carbocycles. The minimum absolute atomic E-state index is 0.0252. The van der Waals surface area contributed by atoms with Gasteiger partial charge in [0.1, 0.15) is 18.0 Å². The van der Waals surface area contributed by atoms with Crippen molar-refractivity contribution in [1.82, 2.24) is 10.2 Å². The summed E-state index contributed by atoms with van der Waals surface area (Å²) in [5, 5.41) is 23.7. The van der Waals surface area contributed by atoms with Crippen molar-refractivity contribution in [3.8, 4) is 5.75 Å². The van der Waals surface area contributed by atoms with Gasteiger partial charge in [-0.25, -0.2) is 0 Å². The van der Waals surface area contributed by atoms with Crippen molar-refractivity contribution in [2.75, 3.05) is 26.3 Å². The topological polar surface area (TPSA) is 108 Å². The molecule has 2 amide bonds. The van der Waals surface area contributed by atoms with Crippen molar-refractivity contribution >= 4 is 11.8 Å². The molecule has 2 aliphatic heterocycles. The minimum Gasteiger partial charge on any atom is -0.486 e. The number of carbonyl (C=O) groups is 2. The quantitative estimate of drug-likeness (QED) is 0.263. The lowest BCUT2D eigenvalue weighted by molar-refractivity contribution is -0.139. The molecule has 0 radical (unpaired) electrons. The van der Waals surface area contributed by atoms with Crippen molar-refractivity contribution in [1.29, 1.82) is 0 Å². The Morgan fingerprint density at radius 3 is 2.48 bits per heavy atom. The van der Waals surface area contributed by atoms with E-state index in [1.807, 2.05) is 24.3 Å². The Bertz CT molecular complexity index is 991. The summed E-state index contributed by atoms with van der Waals surface area (Å²) < 4.78 is 12.1. The first-order chi connectivity index (χ1) is 19.5. The number of ether oxygens (including phenoxy) is 2. The molecule has 1 fully saturated rings. The minimum atomic E-state index is -1.000. The number of amides is 2. The number of rotatable bonds is 16. The van der Waals surface area contributed by atoms with E-state index in [0.717, 1.165) is 37.7 Å². The molecule has 40 heavy (non-hydrogen) atoms. The molecule has 4 rings (SSSR count). The molecule has 2 heterocycles. The molecule has 0 saturated carbocycles. The summed E-state index contributed by atoms with van der Waals surface area (Å²) in [6, 6.07) is 6.82. The molecule has 1 aromatic rings. The van der Waals surface area contributed by atoms with Gasteiger partial charge in [0.25, 0.3) is 0 Å². The van der Waals surface area contributed by atoms with Gasteiger partial charge in [0.15, 0.2) is 0 Å². The maximum absolute atomic E-state index is 13.7. The molecule has 1 saturated heterocycles. The number of hydrogen-bond acceptors (Lipinski definition) is 6. The van der Waals surface area contributed by atoms with Gasteiger partial charge in [-0.3, -0.25) is 9.59 Å². The van der Waals surface area contributed by atoms with E-state index in [1.165, 1.54) is 38.5 Å². The monoisotopic (exact) mass is 556 g/mol. The van der Waals surface area contributed by atoms with Crippen LogP contribution in [0.3, 0.4) is 0 Å². The number of para-hydroxylation sites is 1. The fourth-order valence-electron chi connectivity index (χ4n) is 6.32. The van der Waals surface area contributed by atoms with Gasteiger partial charge in [-0.05, 0) is 31.4 Å². The fraction of sp³-hybridized carbons (Fsp3) is 0.688. The number of benzene rings is 1. The van der Waals surface area contributed by atoms with Gasteiger partial charge in [-0.15, -0.1) is 0 Å². The highest BCUT2D eigenvalue weighted by Crippen LogP contribution is 2.47. The third-order valence-electron chi connectivity index (χ3n) is 8.48. The number of aliphatic hydroxyl groups is 2. The Hall–Kier alpha value is -2.42. The molecule has 8 nitrogen and oxygen atoms in total. The average Bonchev–Trinajstić information content (AvgIpc) is 3.62. The Labute approximate surface area is 239 Å². The van der Waals surface area contributed by atoms with Crippen molar-refractivity contribution < 1.29 is 29.3 Å². The van der Waals surface area contributed by atoms with E-state index in [0.29, 0.717) is 30.9 Å². The van der Waals surface area contributed by atoms with Crippen LogP contribution in [0.25, 0.3) is 0 Å². The van der Waals surface area contributed by atoms with Crippen LogP contribution < -0.4 is 10.1 Å². The van der Waals surface area contributed by atoms with E-state index in [2.05, 4.69) is 12.2 Å². The first-order valence-corrected chi connectivity index (χ1v) is 15.5. The second-order valence-electron chi connectivity index (χ2n) is 11.4. The molecule has 1 aliphatic carbocycles. The number of carbonyl (C=O) groups excluding carboxylic acids is 2. The summed E-state index contributed by atoms with van der Waals surface area (Å²) in [7, 11) is 0. The molecule has 8 heteroatoms. The molecular formula is C32H48N2O6. The summed E-state index contributed by atoms with van der Waals surface area (Å²) in [6.45, 7) is 3.23. The van der Waals surface area contributed by atoms with Crippen LogP contribution in [0.15, 0.2) is 35.9 Å². The Morgan fingerprint density at radius 1 is 1.05 bits per heavy atom. The zero-order chi connectivity index (χ0) is 28.3. The van der Waals surface area contributed by atoms with E-state index >= 15 is 0 Å². The largest absolute Gasteiger partial charge is 0.486 e. The standard InChI is InChI=1S/C32H48N2O6/c1-2-3-4-5-6-7-8-9-10-17-28(36)34(22-23-14-13-20-39-23)26-21-25(32(38)33-18-19-35)29-24-15-11-12-16-27(24)40-31(29)30(26)37/h11-12,15-16,21,23,26,29-31,35,37H,2-10,13-14,17-20,22H2,1H3,(H,33,38)/t23-,26+,29-,30-,31-/m0/s1. The SMILES string of the molecule is CCCCCCCCCCCC(=O)N(C[C@@H]1CCCO1)[C@@H]1C=C(C(=O)NCCO)[C@@H]2c3ccccc3O[C@@H]2[C@H]1O. The summed E-state index contributed by atoms with van der Waals surface area (Å²) in [4.78, 5) is 28.7. The van der Waals surface area contributed by atoms with E-state index in [9.17, 15) is 19.8 Å². The van der Waals surface area contributed by atoms with E-state index < -0.39 is 24.2 Å². The highest BCUT2D eigenvalue weighted by molar-refractivity contribution is 5.96. The number of unbranched alkanes of at least 4 members (excludes halogenated alkanes) is 8. The van der Waals surface area contributed by atoms with E-state index in [1.54, 1.807) is 11.0 Å². The van der Waals surface area contributed by atoms with Gasteiger partial charge in [0.05, 0.1) is 24.7 Å². The number of aliphatic hydroxyl groups excluding tert-OH is 2. The zero-order valence-electron chi connectivity index (χ0n) is 24.1. The van der Waals surface area contributed by atoms with Crippen LogP contribution in [0.1, 0.15) is 95.5 Å². The van der Waals surface area contributed by atoms with Crippen LogP contribution >= 0.6 is 0 Å². The molecule has 0 spiro atoms. The molecule has 222 valence electrons. The number of hydrogen-bond donors (Lipinski definition) is 3. The van der Waals surface area contributed by atoms with E-state index in [-0.39, 0.29) is 31.1 Å². The molecule has 0 aromatic heterocycles. The zero-order valence-corrected chi connectivity index (χ0v) is 24.1. The van der Waals surface area contributed by atoms with Crippen LogP contribution in [-0.2, 0) is 14.3 Å². The Kier molecular flexibility index (Phi) is 11.9. The average molecular weight is 557 g/mol. The summed E-state index contributed by atoms with van der Waals surface area (Å²) in [5.41, 5.74) is 1.31. The third kappa shape index (κ3) is 7.65. The lowest BCUT2D eigenvalue weighted by Gasteiger charge is -2.41. The molecule has 5 atom stereocenters. The predicted octanol–water partition coefficient (Wildman–Crippen LogP) is 4.24. The third-order valence-corrected chi connectivity index (χ3v) is 8.48. The van der Waals surface area contributed by atoms with Crippen LogP contribution in [0.5, 0.6) is 5.75 Å². The molecule has 0 bridgehead atoms. The van der Waals surface area contributed by atoms with Crippen molar-refractivity contribution in [2.24, 2.45) is 0 Å². The van der Waals surface area contributed by atoms with Gasteiger partial charge in [0.2, 0.25) is 11.8 Å². The normalized spacial score (nSPS) is 25.1. The summed E-state index contributed by atoms with van der Waals surface area (Å²) in [5.74, 6) is -0.143. The maximum Gasteiger partial charge on any atom is 0.247 e. The molecule has 3 aliphatic rings. The number of nitrogens with zero attached hydrogens (tertiary/aromatic N) is 1. The van der Waals surface area contributed by atoms with Crippen molar-refractivity contribution in [3.05, 3.63) is 41.5 Å². The van der Waals surface area contributed by atoms with Crippen molar-refractivity contribution in [2.45, 2.75) is 114 Å². The predicted molar refractivity (Wildman–Crippen MR) is 154 cm³/mol. The fourth-order valence-corrected chi connectivity index (χ4v) is 6.32. The summed E-state index contributed by atoms with van der Waals surface area (Å²) in [6.07, 6.45) is 12.8. The van der Waals surface area contributed by atoms with Gasteiger partial charge in [-0.2, -0.15) is 0 Å². The first kappa shape index (κ1) is 30.5. The molecule has 3 N–H and O–H groups in total. The van der Waals surface area contributed by atoms with Gasteiger partial charge in [-0.1, -0.05) is 76.5 Å². The first-order valence-electron chi connectivity index (χ1n) is 15.5. The van der Waals surface area contributed by atoms with Gasteiger partial charge < -0.3 is 29.9 Å². The molecule has 0 unspecified atom stereocenters. The highest BCUT2D eigenvalue weighted by atomic mass is 16.5. The number of fused-ring (bicyclic) bond motifs is 3. The highest BCUT2D eigenvalue weighted by Gasteiger charge is 2.50. The Morgan fingerprint density at radius 2 is 1.77 bits per heavy atom.